The van der Waals surface area contributed by atoms with Gasteiger partial charge >= 0.3 is 39.5 Å². The molecule has 0 aliphatic rings. The molecule has 95 heavy (non-hydrogen) atoms. The summed E-state index contributed by atoms with van der Waals surface area (Å²) in [6.45, 7) is 9.55. The van der Waals surface area contributed by atoms with Gasteiger partial charge in [0.1, 0.15) is 19.3 Å². The van der Waals surface area contributed by atoms with Crippen LogP contribution < -0.4 is 0 Å². The smallest absolute Gasteiger partial charge is 0.462 e. The second-order valence-electron chi connectivity index (χ2n) is 28.3. The van der Waals surface area contributed by atoms with E-state index in [9.17, 15) is 43.2 Å². The summed E-state index contributed by atoms with van der Waals surface area (Å²) >= 11 is 0. The van der Waals surface area contributed by atoms with Gasteiger partial charge in [-0.05, 0) is 37.5 Å². The van der Waals surface area contributed by atoms with Crippen LogP contribution in [0.3, 0.4) is 0 Å². The molecule has 2 unspecified atom stereocenters. The first-order valence-corrected chi connectivity index (χ1v) is 42.5. The van der Waals surface area contributed by atoms with Crippen LogP contribution in [0.15, 0.2) is 0 Å². The monoisotopic (exact) mass is 1400 g/mol. The first-order chi connectivity index (χ1) is 45.9. The third kappa shape index (κ3) is 70.3. The molecular weight excluding hydrogens is 1250 g/mol. The molecule has 564 valence electrons. The van der Waals surface area contributed by atoms with Crippen LogP contribution in [-0.4, -0.2) is 96.7 Å². The van der Waals surface area contributed by atoms with Crippen molar-refractivity contribution in [2.45, 2.75) is 413 Å². The molecule has 0 aliphatic carbocycles. The highest BCUT2D eigenvalue weighted by Gasteiger charge is 2.30. The molecule has 0 rings (SSSR count). The molecule has 0 aromatic rings. The van der Waals surface area contributed by atoms with Crippen LogP contribution in [0.1, 0.15) is 395 Å². The van der Waals surface area contributed by atoms with Crippen molar-refractivity contribution in [3.63, 3.8) is 0 Å². The first-order valence-electron chi connectivity index (χ1n) is 39.5. The Labute approximate surface area is 581 Å². The summed E-state index contributed by atoms with van der Waals surface area (Å²) in [5.41, 5.74) is 0. The van der Waals surface area contributed by atoms with Gasteiger partial charge in [0.25, 0.3) is 0 Å². The summed E-state index contributed by atoms with van der Waals surface area (Å²) in [5, 5.41) is 10.6. The van der Waals surface area contributed by atoms with Crippen LogP contribution in [0.25, 0.3) is 0 Å². The van der Waals surface area contributed by atoms with Gasteiger partial charge in [0.05, 0.1) is 26.4 Å². The van der Waals surface area contributed by atoms with E-state index in [0.717, 1.165) is 108 Å². The largest absolute Gasteiger partial charge is 0.472 e. The number of carbonyl (C=O) groups is 4. The highest BCUT2D eigenvalue weighted by atomic mass is 31.2. The molecule has 17 nitrogen and oxygen atoms in total. The molecule has 0 saturated carbocycles. The Hall–Kier alpha value is -1.94. The van der Waals surface area contributed by atoms with E-state index in [1.54, 1.807) is 0 Å². The molecule has 0 amide bonds. The molecule has 5 atom stereocenters. The summed E-state index contributed by atoms with van der Waals surface area (Å²) in [5.74, 6) is -0.539. The molecule has 0 fully saturated rings. The number of hydrogen-bond donors (Lipinski definition) is 3. The number of aliphatic hydroxyl groups is 1. The van der Waals surface area contributed by atoms with Crippen molar-refractivity contribution in [1.29, 1.82) is 0 Å². The van der Waals surface area contributed by atoms with E-state index >= 15 is 0 Å². The van der Waals surface area contributed by atoms with Gasteiger partial charge in [-0.25, -0.2) is 9.13 Å². The number of unbranched alkanes of at least 4 members (excludes halogenated alkanes) is 45. The number of hydrogen-bond acceptors (Lipinski definition) is 15. The van der Waals surface area contributed by atoms with E-state index in [-0.39, 0.29) is 25.7 Å². The van der Waals surface area contributed by atoms with E-state index < -0.39 is 97.5 Å². The van der Waals surface area contributed by atoms with Gasteiger partial charge in [0.2, 0.25) is 0 Å². The van der Waals surface area contributed by atoms with Gasteiger partial charge in [0, 0.05) is 25.7 Å². The van der Waals surface area contributed by atoms with Crippen LogP contribution in [0.5, 0.6) is 0 Å². The van der Waals surface area contributed by atoms with E-state index in [1.807, 2.05) is 0 Å². The molecule has 0 aliphatic heterocycles. The standard InChI is InChI=1S/C76H148O17P2/c1-7-9-11-13-14-15-16-17-18-22-25-31-36-41-47-53-59-74(79)87-65-72(93-76(81)61-54-48-42-37-32-26-23-20-19-21-24-29-34-39-45-50-56-68(3)4)67-91-95(84,85)89-63-70(77)62-88-94(82,83)90-66-71(64-86-73(78)58-52-44-12-10-8-2)92-75(80)60-55-49-43-38-33-28-27-30-35-40-46-51-57-69(5)6/h68-72,77H,7-67H2,1-6H3,(H,82,83)(H,84,85)/t70-,71+,72+/m0/s1. The van der Waals surface area contributed by atoms with Crippen molar-refractivity contribution >= 4 is 39.5 Å². The topological polar surface area (TPSA) is 237 Å². The minimum atomic E-state index is -4.96. The maximum atomic E-state index is 13.1. The summed E-state index contributed by atoms with van der Waals surface area (Å²) in [7, 11) is -9.90. The second kappa shape index (κ2) is 67.9. The molecule has 0 spiro atoms. The third-order valence-corrected chi connectivity index (χ3v) is 19.6. The number of phosphoric ester groups is 2. The third-order valence-electron chi connectivity index (χ3n) is 17.7. The Morgan fingerprint density at radius 2 is 0.484 bits per heavy atom. The molecule has 3 N–H and O–H groups in total. The zero-order valence-corrected chi connectivity index (χ0v) is 63.8. The second-order valence-corrected chi connectivity index (χ2v) is 31.3. The zero-order chi connectivity index (χ0) is 70.0. The van der Waals surface area contributed by atoms with Gasteiger partial charge in [-0.2, -0.15) is 0 Å². The van der Waals surface area contributed by atoms with Crippen LogP contribution >= 0.6 is 15.6 Å². The zero-order valence-electron chi connectivity index (χ0n) is 62.0. The Kier molecular flexibility index (Phi) is 66.5. The minimum absolute atomic E-state index is 0.106. The summed E-state index contributed by atoms with van der Waals surface area (Å²) < 4.78 is 68.3. The molecule has 0 bridgehead atoms. The molecule has 0 saturated heterocycles. The Balaban J connectivity index is 5.14. The molecule has 19 heteroatoms. The Morgan fingerprint density at radius 3 is 0.716 bits per heavy atom. The fourth-order valence-electron chi connectivity index (χ4n) is 11.7. The number of aliphatic hydroxyl groups excluding tert-OH is 1. The molecule has 0 aromatic heterocycles. The van der Waals surface area contributed by atoms with Gasteiger partial charge in [-0.1, -0.05) is 343 Å². The summed E-state index contributed by atoms with van der Waals surface area (Å²) in [4.78, 5) is 72.5. The maximum Gasteiger partial charge on any atom is 0.472 e. The lowest BCUT2D eigenvalue weighted by atomic mass is 10.0. The van der Waals surface area contributed by atoms with E-state index in [0.29, 0.717) is 25.7 Å². The van der Waals surface area contributed by atoms with Crippen LogP contribution in [0, 0.1) is 11.8 Å². The first kappa shape index (κ1) is 93.1. The van der Waals surface area contributed by atoms with Crippen molar-refractivity contribution < 1.29 is 80.2 Å². The lowest BCUT2D eigenvalue weighted by Gasteiger charge is -2.21. The van der Waals surface area contributed by atoms with Crippen LogP contribution in [0.2, 0.25) is 0 Å². The predicted octanol–water partition coefficient (Wildman–Crippen LogP) is 22.3. The summed E-state index contributed by atoms with van der Waals surface area (Å²) in [6, 6.07) is 0. The number of ether oxygens (including phenoxy) is 4. The van der Waals surface area contributed by atoms with Gasteiger partial charge in [0.15, 0.2) is 12.2 Å². The molecular formula is C76H148O17P2. The summed E-state index contributed by atoms with van der Waals surface area (Å²) in [6.07, 6.45) is 55.9. The fourth-order valence-corrected chi connectivity index (χ4v) is 13.2. The number of rotatable bonds is 75. The van der Waals surface area contributed by atoms with E-state index in [1.165, 1.54) is 205 Å². The normalized spacial score (nSPS) is 14.0. The van der Waals surface area contributed by atoms with Gasteiger partial charge < -0.3 is 33.8 Å². The average Bonchev–Trinajstić information content (AvgIpc) is 1.46. The highest BCUT2D eigenvalue weighted by Crippen LogP contribution is 2.45. The fraction of sp³-hybridized carbons (Fsp3) is 0.947. The average molecular weight is 1400 g/mol. The highest BCUT2D eigenvalue weighted by molar-refractivity contribution is 7.47. The SMILES string of the molecule is CCCCCCCCCCCCCCCCCCC(=O)OC[C@H](COP(=O)(O)OC[C@@H](O)COP(=O)(O)OC[C@@H](COC(=O)CCCCCCC)OC(=O)CCCCCCCCCCCCCCC(C)C)OC(=O)CCCCCCCCCCCCCCCCCCC(C)C. The molecule has 0 aromatic carbocycles. The number of carbonyl (C=O) groups excluding carboxylic acids is 4. The van der Waals surface area contributed by atoms with Crippen molar-refractivity contribution in [2.75, 3.05) is 39.6 Å². The van der Waals surface area contributed by atoms with Crippen LogP contribution in [0.4, 0.5) is 0 Å². The van der Waals surface area contributed by atoms with Crippen molar-refractivity contribution in [1.82, 2.24) is 0 Å². The number of esters is 4. The lowest BCUT2D eigenvalue weighted by Crippen LogP contribution is -2.30. The number of phosphoric acid groups is 2. The minimum Gasteiger partial charge on any atom is -0.462 e. The van der Waals surface area contributed by atoms with Crippen molar-refractivity contribution in [3.05, 3.63) is 0 Å². The Morgan fingerprint density at radius 1 is 0.284 bits per heavy atom. The molecule has 0 heterocycles. The van der Waals surface area contributed by atoms with Gasteiger partial charge in [-0.3, -0.25) is 37.3 Å². The maximum absolute atomic E-state index is 13.1. The lowest BCUT2D eigenvalue weighted by molar-refractivity contribution is -0.161. The quantitative estimate of drug-likeness (QED) is 0.0222. The predicted molar refractivity (Wildman–Crippen MR) is 386 cm³/mol. The van der Waals surface area contributed by atoms with Crippen molar-refractivity contribution in [3.8, 4) is 0 Å². The molecule has 0 radical (unpaired) electrons. The Bertz CT molecular complexity index is 1840. The van der Waals surface area contributed by atoms with E-state index in [2.05, 4.69) is 41.5 Å². The van der Waals surface area contributed by atoms with Crippen molar-refractivity contribution in [2.24, 2.45) is 11.8 Å². The van der Waals surface area contributed by atoms with E-state index in [4.69, 9.17) is 37.0 Å². The van der Waals surface area contributed by atoms with Crippen LogP contribution in [-0.2, 0) is 65.4 Å². The van der Waals surface area contributed by atoms with Gasteiger partial charge in [-0.15, -0.1) is 0 Å².